The van der Waals surface area contributed by atoms with Crippen molar-refractivity contribution in [1.82, 2.24) is 0 Å². The molecule has 0 atom stereocenters. The fourth-order valence-corrected chi connectivity index (χ4v) is 2.42. The van der Waals surface area contributed by atoms with Crippen LogP contribution >= 0.6 is 22.9 Å². The van der Waals surface area contributed by atoms with E-state index in [0.717, 1.165) is 10.1 Å². The van der Waals surface area contributed by atoms with Gasteiger partial charge in [0, 0.05) is 9.72 Å². The summed E-state index contributed by atoms with van der Waals surface area (Å²) in [5.41, 5.74) is 4.91. The number of rotatable bonds is 2. The van der Waals surface area contributed by atoms with E-state index in [4.69, 9.17) is 17.3 Å². The van der Waals surface area contributed by atoms with Gasteiger partial charge in [0.25, 0.3) is 11.7 Å². The first kappa shape index (κ1) is 10.1. The molecule has 0 spiro atoms. The van der Waals surface area contributed by atoms with E-state index in [-0.39, 0.29) is 0 Å². The molecule has 1 heterocycles. The second kappa shape index (κ2) is 3.64. The van der Waals surface area contributed by atoms with Crippen molar-refractivity contribution in [3.8, 4) is 0 Å². The molecule has 1 aromatic carbocycles. The van der Waals surface area contributed by atoms with Crippen molar-refractivity contribution in [2.24, 2.45) is 5.73 Å². The number of nitrogens with two attached hydrogens (primary N) is 1. The smallest absolute Gasteiger partial charge is 0.290 e. The van der Waals surface area contributed by atoms with Crippen molar-refractivity contribution in [3.63, 3.8) is 0 Å². The molecule has 3 nitrogen and oxygen atoms in total. The Hall–Kier alpha value is -1.39. The second-order valence-electron chi connectivity index (χ2n) is 2.99. The third-order valence-corrected chi connectivity index (χ3v) is 3.28. The lowest BCUT2D eigenvalue weighted by Crippen LogP contribution is -2.21. The van der Waals surface area contributed by atoms with Crippen LogP contribution < -0.4 is 5.73 Å². The molecule has 2 N–H and O–H groups in total. The Labute approximate surface area is 94.4 Å². The summed E-state index contributed by atoms with van der Waals surface area (Å²) in [6, 6.07) is 6.91. The number of hydrogen-bond acceptors (Lipinski definition) is 3. The molecule has 0 radical (unpaired) electrons. The third kappa shape index (κ3) is 1.86. The molecular weight excluding hydrogens is 234 g/mol. The van der Waals surface area contributed by atoms with Crippen molar-refractivity contribution >= 4 is 44.7 Å². The van der Waals surface area contributed by atoms with Crippen molar-refractivity contribution in [1.29, 1.82) is 0 Å². The van der Waals surface area contributed by atoms with Crippen molar-refractivity contribution < 1.29 is 9.59 Å². The van der Waals surface area contributed by atoms with Crippen LogP contribution in [-0.4, -0.2) is 11.7 Å². The van der Waals surface area contributed by atoms with Gasteiger partial charge in [-0.2, -0.15) is 0 Å². The number of benzene rings is 1. The van der Waals surface area contributed by atoms with E-state index in [1.807, 2.05) is 0 Å². The summed E-state index contributed by atoms with van der Waals surface area (Å²) >= 11 is 7.03. The fourth-order valence-electron chi connectivity index (χ4n) is 1.25. The predicted octanol–water partition coefficient (Wildman–Crippen LogP) is 2.22. The van der Waals surface area contributed by atoms with Crippen LogP contribution in [0, 0.1) is 0 Å². The molecule has 1 aromatic heterocycles. The minimum absolute atomic E-state index is 0.347. The van der Waals surface area contributed by atoms with Crippen LogP contribution in [0.1, 0.15) is 9.67 Å². The zero-order valence-electron chi connectivity index (χ0n) is 7.49. The number of fused-ring (bicyclic) bond motifs is 1. The lowest BCUT2D eigenvalue weighted by atomic mass is 10.2. The number of amides is 1. The highest BCUT2D eigenvalue weighted by molar-refractivity contribution is 7.21. The van der Waals surface area contributed by atoms with E-state index in [1.165, 1.54) is 11.3 Å². The van der Waals surface area contributed by atoms with Crippen LogP contribution in [0.15, 0.2) is 24.3 Å². The zero-order chi connectivity index (χ0) is 11.0. The van der Waals surface area contributed by atoms with Crippen LogP contribution in [0.4, 0.5) is 0 Å². The molecule has 1 amide bonds. The molecule has 0 saturated carbocycles. The Morgan fingerprint density at radius 3 is 2.67 bits per heavy atom. The maximum atomic E-state index is 11.3. The maximum absolute atomic E-state index is 11.3. The molecule has 2 rings (SSSR count). The van der Waals surface area contributed by atoms with Crippen molar-refractivity contribution in [2.45, 2.75) is 0 Å². The lowest BCUT2D eigenvalue weighted by molar-refractivity contribution is -0.114. The van der Waals surface area contributed by atoms with Crippen molar-refractivity contribution in [2.75, 3.05) is 0 Å². The molecule has 5 heteroatoms. The molecular formula is C10H6ClNO2S. The minimum Gasteiger partial charge on any atom is -0.363 e. The molecule has 0 aliphatic carbocycles. The van der Waals surface area contributed by atoms with Gasteiger partial charge in [-0.25, -0.2) is 0 Å². The summed E-state index contributed by atoms with van der Waals surface area (Å²) < 4.78 is 0.906. The van der Waals surface area contributed by atoms with Gasteiger partial charge in [-0.1, -0.05) is 11.6 Å². The number of halogens is 1. The average molecular weight is 240 g/mol. The monoisotopic (exact) mass is 239 g/mol. The summed E-state index contributed by atoms with van der Waals surface area (Å²) in [5.74, 6) is -1.60. The molecule has 0 unspecified atom stereocenters. The highest BCUT2D eigenvalue weighted by Crippen LogP contribution is 2.28. The molecule has 0 saturated heterocycles. The predicted molar refractivity (Wildman–Crippen MR) is 60.4 cm³/mol. The Balaban J connectivity index is 2.56. The quantitative estimate of drug-likeness (QED) is 0.645. The largest absolute Gasteiger partial charge is 0.363 e. The minimum atomic E-state index is -0.937. The topological polar surface area (TPSA) is 60.2 Å². The molecule has 0 aliphatic rings. The molecule has 0 fully saturated rings. The highest BCUT2D eigenvalue weighted by atomic mass is 35.5. The zero-order valence-corrected chi connectivity index (χ0v) is 9.06. The number of Topliss-reactive ketones (excluding diaryl/α,β-unsaturated/α-hetero) is 1. The molecule has 15 heavy (non-hydrogen) atoms. The van der Waals surface area contributed by atoms with Gasteiger partial charge in [0.1, 0.15) is 0 Å². The van der Waals surface area contributed by atoms with E-state index in [0.29, 0.717) is 9.90 Å². The van der Waals surface area contributed by atoms with Crippen LogP contribution in [0.2, 0.25) is 5.02 Å². The fraction of sp³-hybridized carbons (Fsp3) is 0. The average Bonchev–Trinajstić information content (AvgIpc) is 2.58. The number of primary amides is 1. The summed E-state index contributed by atoms with van der Waals surface area (Å²) in [6.45, 7) is 0. The Morgan fingerprint density at radius 2 is 2.00 bits per heavy atom. The second-order valence-corrected chi connectivity index (χ2v) is 4.51. The van der Waals surface area contributed by atoms with E-state index < -0.39 is 11.7 Å². The first-order valence-corrected chi connectivity index (χ1v) is 5.30. The van der Waals surface area contributed by atoms with Crippen LogP contribution in [0.3, 0.4) is 0 Å². The molecule has 0 aliphatic heterocycles. The summed E-state index contributed by atoms with van der Waals surface area (Å²) in [4.78, 5) is 22.3. The highest BCUT2D eigenvalue weighted by Gasteiger charge is 2.15. The first-order chi connectivity index (χ1) is 7.08. The number of carbonyl (C=O) groups excluding carboxylic acids is 2. The number of hydrogen-bond donors (Lipinski definition) is 1. The van der Waals surface area contributed by atoms with Gasteiger partial charge in [0.05, 0.1) is 4.88 Å². The van der Waals surface area contributed by atoms with Crippen molar-refractivity contribution in [3.05, 3.63) is 34.2 Å². The van der Waals surface area contributed by atoms with Gasteiger partial charge in [-0.05, 0) is 29.7 Å². The van der Waals surface area contributed by atoms with Gasteiger partial charge in [0.2, 0.25) is 0 Å². The van der Waals surface area contributed by atoms with Crippen LogP contribution in [0.25, 0.3) is 10.1 Å². The molecule has 76 valence electrons. The Bertz CT molecular complexity index is 562. The number of thiophene rings is 1. The molecule has 2 aromatic rings. The molecule has 0 bridgehead atoms. The standard InChI is InChI=1S/C10H6ClNO2S/c11-6-1-2-7-5(3-6)4-8(15-7)9(13)10(12)14/h1-4H,(H2,12,14). The first-order valence-electron chi connectivity index (χ1n) is 4.11. The van der Waals surface area contributed by atoms with Gasteiger partial charge < -0.3 is 5.73 Å². The summed E-state index contributed by atoms with van der Waals surface area (Å²) in [5, 5.41) is 1.44. The maximum Gasteiger partial charge on any atom is 0.290 e. The third-order valence-electron chi connectivity index (χ3n) is 1.93. The number of carbonyl (C=O) groups is 2. The Morgan fingerprint density at radius 1 is 1.27 bits per heavy atom. The van der Waals surface area contributed by atoms with Gasteiger partial charge in [-0.15, -0.1) is 11.3 Å². The van der Waals surface area contributed by atoms with E-state index in [9.17, 15) is 9.59 Å². The van der Waals surface area contributed by atoms with Crippen LogP contribution in [-0.2, 0) is 4.79 Å². The Kier molecular flexibility index (Phi) is 2.46. The van der Waals surface area contributed by atoms with Gasteiger partial charge in [-0.3, -0.25) is 9.59 Å². The summed E-state index contributed by atoms with van der Waals surface area (Å²) in [7, 11) is 0. The lowest BCUT2D eigenvalue weighted by Gasteiger charge is -1.87. The van der Waals surface area contributed by atoms with E-state index >= 15 is 0 Å². The van der Waals surface area contributed by atoms with E-state index in [2.05, 4.69) is 0 Å². The number of ketones is 1. The van der Waals surface area contributed by atoms with E-state index in [1.54, 1.807) is 24.3 Å². The van der Waals surface area contributed by atoms with Crippen LogP contribution in [0.5, 0.6) is 0 Å². The normalized spacial score (nSPS) is 10.5. The summed E-state index contributed by atoms with van der Waals surface area (Å²) in [6.07, 6.45) is 0. The SMILES string of the molecule is NC(=O)C(=O)c1cc2cc(Cl)ccc2s1. The van der Waals surface area contributed by atoms with Gasteiger partial charge >= 0.3 is 0 Å². The van der Waals surface area contributed by atoms with Gasteiger partial charge in [0.15, 0.2) is 0 Å².